The summed E-state index contributed by atoms with van der Waals surface area (Å²) in [5.41, 5.74) is 6.05. The molecule has 0 atom stereocenters. The fourth-order valence-electron chi connectivity index (χ4n) is 1.94. The Morgan fingerprint density at radius 1 is 0.955 bits per heavy atom. The number of benzene rings is 2. The summed E-state index contributed by atoms with van der Waals surface area (Å²) >= 11 is 0. The monoisotopic (exact) mass is 299 g/mol. The Morgan fingerprint density at radius 3 is 2.23 bits per heavy atom. The van der Waals surface area contributed by atoms with Crippen molar-refractivity contribution in [2.75, 3.05) is 0 Å². The lowest BCUT2D eigenvalue weighted by atomic mass is 10.0. The van der Waals surface area contributed by atoms with Gasteiger partial charge in [-0.25, -0.2) is 9.59 Å². The molecule has 2 aromatic carbocycles. The number of carbonyl (C=O) groups is 3. The molecular weight excluding hydrogens is 286 g/mol. The van der Waals surface area contributed by atoms with Gasteiger partial charge in [-0.05, 0) is 11.6 Å². The molecule has 0 aromatic heterocycles. The molecule has 2 rings (SSSR count). The summed E-state index contributed by atoms with van der Waals surface area (Å²) in [6.07, 6.45) is -1.23. The van der Waals surface area contributed by atoms with Crippen LogP contribution in [0.25, 0.3) is 11.1 Å². The van der Waals surface area contributed by atoms with Crippen molar-refractivity contribution in [3.63, 3.8) is 0 Å². The van der Waals surface area contributed by atoms with Gasteiger partial charge in [0.2, 0.25) is 0 Å². The van der Waals surface area contributed by atoms with Crippen molar-refractivity contribution in [1.29, 1.82) is 0 Å². The Morgan fingerprint density at radius 2 is 1.64 bits per heavy atom. The molecule has 0 aliphatic heterocycles. The van der Waals surface area contributed by atoms with Crippen LogP contribution in [-0.2, 0) is 9.53 Å². The van der Waals surface area contributed by atoms with Crippen LogP contribution in [0.5, 0.6) is 5.75 Å². The van der Waals surface area contributed by atoms with Gasteiger partial charge in [0, 0.05) is 12.5 Å². The Labute approximate surface area is 126 Å². The Balaban J connectivity index is 2.57. The molecule has 22 heavy (non-hydrogen) atoms. The van der Waals surface area contributed by atoms with Gasteiger partial charge in [0.15, 0.2) is 5.75 Å². The molecule has 0 fully saturated rings. The van der Waals surface area contributed by atoms with Crippen LogP contribution in [-0.4, -0.2) is 18.0 Å². The third-order valence-electron chi connectivity index (χ3n) is 2.76. The fraction of sp³-hybridized carbons (Fsp3) is 0.0625. The molecule has 0 saturated heterocycles. The predicted octanol–water partition coefficient (Wildman–Crippen LogP) is 2.51. The van der Waals surface area contributed by atoms with Crippen molar-refractivity contribution >= 4 is 18.0 Å². The smallest absolute Gasteiger partial charge is 0.412 e. The molecule has 0 saturated carbocycles. The standard InChI is InChI=1S/C16H13NO5/c1-10(18)21-14-12(11-6-3-2-4-7-11)8-5-9-13(14)15(19)22-16(17)20/h2-9H,1H3,(H2,17,20). The van der Waals surface area contributed by atoms with E-state index in [4.69, 9.17) is 10.5 Å². The van der Waals surface area contributed by atoms with Crippen molar-refractivity contribution in [2.24, 2.45) is 5.73 Å². The Bertz CT molecular complexity index is 725. The van der Waals surface area contributed by atoms with Crippen LogP contribution in [0, 0.1) is 0 Å². The summed E-state index contributed by atoms with van der Waals surface area (Å²) < 4.78 is 9.50. The number of primary amides is 1. The number of hydrogen-bond acceptors (Lipinski definition) is 5. The number of ether oxygens (including phenoxy) is 2. The molecule has 0 aliphatic carbocycles. The maximum atomic E-state index is 11.9. The largest absolute Gasteiger partial charge is 0.425 e. The minimum Gasteiger partial charge on any atom is -0.425 e. The van der Waals surface area contributed by atoms with Gasteiger partial charge in [-0.1, -0.05) is 42.5 Å². The van der Waals surface area contributed by atoms with E-state index in [1.54, 1.807) is 36.4 Å². The number of amides is 1. The highest BCUT2D eigenvalue weighted by Crippen LogP contribution is 2.33. The minimum absolute atomic E-state index is 0.0208. The molecule has 2 aromatic rings. The Kier molecular flexibility index (Phi) is 4.53. The lowest BCUT2D eigenvalue weighted by Crippen LogP contribution is -2.19. The van der Waals surface area contributed by atoms with E-state index >= 15 is 0 Å². The van der Waals surface area contributed by atoms with E-state index in [1.165, 1.54) is 13.0 Å². The summed E-state index contributed by atoms with van der Waals surface area (Å²) in [4.78, 5) is 34.0. The SMILES string of the molecule is CC(=O)Oc1c(C(=O)OC(N)=O)cccc1-c1ccccc1. The van der Waals surface area contributed by atoms with Crippen LogP contribution >= 0.6 is 0 Å². The van der Waals surface area contributed by atoms with Crippen LogP contribution in [0.1, 0.15) is 17.3 Å². The van der Waals surface area contributed by atoms with Gasteiger partial charge < -0.3 is 15.2 Å². The third-order valence-corrected chi connectivity index (χ3v) is 2.76. The van der Waals surface area contributed by atoms with E-state index in [0.717, 1.165) is 5.56 Å². The first kappa shape index (κ1) is 15.2. The van der Waals surface area contributed by atoms with E-state index in [9.17, 15) is 14.4 Å². The second kappa shape index (κ2) is 6.53. The van der Waals surface area contributed by atoms with Gasteiger partial charge in [0.25, 0.3) is 0 Å². The van der Waals surface area contributed by atoms with Gasteiger partial charge in [-0.3, -0.25) is 4.79 Å². The maximum Gasteiger partial charge on any atom is 0.412 e. The molecule has 112 valence electrons. The van der Waals surface area contributed by atoms with E-state index < -0.39 is 18.0 Å². The molecule has 0 spiro atoms. The first-order chi connectivity index (χ1) is 10.5. The highest BCUT2D eigenvalue weighted by molar-refractivity contribution is 6.01. The fourth-order valence-corrected chi connectivity index (χ4v) is 1.94. The molecule has 2 N–H and O–H groups in total. The first-order valence-corrected chi connectivity index (χ1v) is 6.37. The lowest BCUT2D eigenvalue weighted by Gasteiger charge is -2.13. The van der Waals surface area contributed by atoms with Crippen LogP contribution < -0.4 is 10.5 Å². The summed E-state index contributed by atoms with van der Waals surface area (Å²) in [6.45, 7) is 1.21. The number of hydrogen-bond donors (Lipinski definition) is 1. The van der Waals surface area contributed by atoms with Gasteiger partial charge in [0.1, 0.15) is 5.56 Å². The first-order valence-electron chi connectivity index (χ1n) is 6.37. The second-order valence-corrected chi connectivity index (χ2v) is 4.35. The topological polar surface area (TPSA) is 95.7 Å². The zero-order chi connectivity index (χ0) is 16.1. The highest BCUT2D eigenvalue weighted by atomic mass is 16.6. The molecule has 0 radical (unpaired) electrons. The Hall–Kier alpha value is -3.15. The second-order valence-electron chi connectivity index (χ2n) is 4.35. The van der Waals surface area contributed by atoms with Gasteiger partial charge in [-0.15, -0.1) is 0 Å². The summed E-state index contributed by atoms with van der Waals surface area (Å²) in [5.74, 6) is -1.56. The number of nitrogens with two attached hydrogens (primary N) is 1. The summed E-state index contributed by atoms with van der Waals surface area (Å²) in [6, 6.07) is 13.7. The quantitative estimate of drug-likeness (QED) is 0.533. The van der Waals surface area contributed by atoms with Crippen molar-refractivity contribution in [3.8, 4) is 16.9 Å². The van der Waals surface area contributed by atoms with Gasteiger partial charge >= 0.3 is 18.0 Å². The third kappa shape index (κ3) is 3.49. The van der Waals surface area contributed by atoms with Gasteiger partial charge in [0.05, 0.1) is 0 Å². The van der Waals surface area contributed by atoms with Gasteiger partial charge in [-0.2, -0.15) is 0 Å². The van der Waals surface area contributed by atoms with Crippen molar-refractivity contribution in [2.45, 2.75) is 6.92 Å². The van der Waals surface area contributed by atoms with Crippen LogP contribution in [0.4, 0.5) is 4.79 Å². The van der Waals surface area contributed by atoms with Crippen LogP contribution in [0.3, 0.4) is 0 Å². The molecule has 0 aliphatic rings. The van der Waals surface area contributed by atoms with E-state index in [1.807, 2.05) is 6.07 Å². The molecule has 6 heteroatoms. The summed E-state index contributed by atoms with van der Waals surface area (Å²) in [7, 11) is 0. The van der Waals surface area contributed by atoms with Crippen molar-refractivity contribution in [3.05, 3.63) is 54.1 Å². The molecule has 1 amide bonds. The van der Waals surface area contributed by atoms with E-state index in [2.05, 4.69) is 4.74 Å². The van der Waals surface area contributed by atoms with Crippen LogP contribution in [0.15, 0.2) is 48.5 Å². The lowest BCUT2D eigenvalue weighted by molar-refractivity contribution is -0.131. The number of esters is 2. The zero-order valence-corrected chi connectivity index (χ0v) is 11.7. The van der Waals surface area contributed by atoms with E-state index in [-0.39, 0.29) is 11.3 Å². The minimum atomic E-state index is -1.23. The highest BCUT2D eigenvalue weighted by Gasteiger charge is 2.21. The van der Waals surface area contributed by atoms with Crippen molar-refractivity contribution in [1.82, 2.24) is 0 Å². The van der Waals surface area contributed by atoms with Crippen LogP contribution in [0.2, 0.25) is 0 Å². The average Bonchev–Trinajstić information content (AvgIpc) is 2.47. The number of carbonyl (C=O) groups excluding carboxylic acids is 3. The predicted molar refractivity (Wildman–Crippen MR) is 78.2 cm³/mol. The van der Waals surface area contributed by atoms with Crippen molar-refractivity contribution < 1.29 is 23.9 Å². The molecule has 0 heterocycles. The molecule has 6 nitrogen and oxygen atoms in total. The maximum absolute atomic E-state index is 11.9. The normalized spacial score (nSPS) is 9.86. The zero-order valence-electron chi connectivity index (χ0n) is 11.7. The molecular formula is C16H13NO5. The number of para-hydroxylation sites is 1. The average molecular weight is 299 g/mol. The summed E-state index contributed by atoms with van der Waals surface area (Å²) in [5, 5.41) is 0. The van der Waals surface area contributed by atoms with E-state index in [0.29, 0.717) is 5.56 Å². The molecule has 0 unspecified atom stereocenters. The number of rotatable bonds is 3. The molecule has 0 bridgehead atoms.